The second kappa shape index (κ2) is 2.51. The van der Waals surface area contributed by atoms with Crippen molar-refractivity contribution in [3.8, 4) is 5.75 Å². The zero-order valence-corrected chi connectivity index (χ0v) is 6.58. The summed E-state index contributed by atoms with van der Waals surface area (Å²) in [6.07, 6.45) is 2.65. The summed E-state index contributed by atoms with van der Waals surface area (Å²) in [6, 6.07) is 0. The van der Waals surface area contributed by atoms with Gasteiger partial charge in [0, 0.05) is 7.05 Å². The lowest BCUT2D eigenvalue weighted by atomic mass is 10.7. The van der Waals surface area contributed by atoms with E-state index < -0.39 is 10.3 Å². The molecule has 1 aromatic rings. The average Bonchev–Trinajstić information content (AvgIpc) is 2.10. The minimum absolute atomic E-state index is 0.106. The van der Waals surface area contributed by atoms with E-state index in [4.69, 9.17) is 0 Å². The van der Waals surface area contributed by atoms with Crippen LogP contribution in [0.15, 0.2) is 12.4 Å². The summed E-state index contributed by atoms with van der Waals surface area (Å²) in [7, 11) is -2.28. The molecule has 0 saturated heterocycles. The van der Waals surface area contributed by atoms with E-state index in [-0.39, 0.29) is 5.75 Å². The molecule has 0 radical (unpaired) electrons. The Morgan fingerprint density at radius 1 is 1.73 bits per heavy atom. The molecule has 0 bridgehead atoms. The largest absolute Gasteiger partial charge is 0.380 e. The molecule has 1 heterocycles. The van der Waals surface area contributed by atoms with E-state index in [0.29, 0.717) is 0 Å². The molecule has 6 nitrogen and oxygen atoms in total. The fourth-order valence-corrected chi connectivity index (χ4v) is 0.930. The van der Waals surface area contributed by atoms with Gasteiger partial charge in [0.1, 0.15) is 0 Å². The van der Waals surface area contributed by atoms with Gasteiger partial charge >= 0.3 is 10.3 Å². The maximum atomic E-state index is 10.3. The van der Waals surface area contributed by atoms with E-state index in [2.05, 4.69) is 14.4 Å². The normalized spacial score (nSPS) is 11.5. The Morgan fingerprint density at radius 3 is 2.73 bits per heavy atom. The highest BCUT2D eigenvalue weighted by molar-refractivity contribution is 7.84. The van der Waals surface area contributed by atoms with Crippen molar-refractivity contribution in [1.82, 2.24) is 9.78 Å². The first-order valence-electron chi connectivity index (χ1n) is 2.68. The fourth-order valence-electron chi connectivity index (χ4n) is 0.576. The zero-order valence-electron chi connectivity index (χ0n) is 5.76. The Hall–Kier alpha value is -1.08. The van der Waals surface area contributed by atoms with Gasteiger partial charge in [-0.15, -0.1) is 0 Å². The molecular formula is C4H7N3O3S. The van der Waals surface area contributed by atoms with Crippen molar-refractivity contribution in [2.24, 2.45) is 12.2 Å². The van der Waals surface area contributed by atoms with Crippen LogP contribution in [0.1, 0.15) is 0 Å². The molecule has 1 aromatic heterocycles. The topological polar surface area (TPSA) is 87.2 Å². The molecule has 0 unspecified atom stereocenters. The summed E-state index contributed by atoms with van der Waals surface area (Å²) in [5, 5.41) is 8.26. The van der Waals surface area contributed by atoms with E-state index in [1.165, 1.54) is 17.1 Å². The van der Waals surface area contributed by atoms with Crippen LogP contribution in [0.25, 0.3) is 0 Å². The molecule has 62 valence electrons. The highest BCUT2D eigenvalue weighted by Gasteiger charge is 2.05. The van der Waals surface area contributed by atoms with Gasteiger partial charge in [0.2, 0.25) is 0 Å². The zero-order chi connectivity index (χ0) is 8.48. The number of nitrogens with zero attached hydrogens (tertiary/aromatic N) is 2. The Balaban J connectivity index is 2.81. The molecule has 1 rings (SSSR count). The van der Waals surface area contributed by atoms with Crippen LogP contribution in [-0.4, -0.2) is 18.2 Å². The van der Waals surface area contributed by atoms with Crippen LogP contribution in [0, 0.1) is 0 Å². The molecule has 11 heavy (non-hydrogen) atoms. The summed E-state index contributed by atoms with van der Waals surface area (Å²) in [4.78, 5) is 0. The van der Waals surface area contributed by atoms with Crippen LogP contribution in [0.3, 0.4) is 0 Å². The maximum absolute atomic E-state index is 10.3. The first-order valence-corrected chi connectivity index (χ1v) is 4.15. The first-order chi connectivity index (χ1) is 4.97. The standard InChI is InChI=1S/C4H7N3O3S/c1-7-3-4(2-6-7)10-11(5,8)9/h2-3H,1H3,(H2,5,8,9). The quantitative estimate of drug-likeness (QED) is 0.627. The number of hydrogen-bond donors (Lipinski definition) is 1. The molecule has 0 saturated carbocycles. The summed E-state index contributed by atoms with van der Waals surface area (Å²) < 4.78 is 26.3. The minimum atomic E-state index is -3.92. The summed E-state index contributed by atoms with van der Waals surface area (Å²) in [6.45, 7) is 0. The van der Waals surface area contributed by atoms with Crippen molar-refractivity contribution in [1.29, 1.82) is 0 Å². The van der Waals surface area contributed by atoms with Crippen molar-refractivity contribution < 1.29 is 12.6 Å². The number of hydrogen-bond acceptors (Lipinski definition) is 4. The molecule has 2 N–H and O–H groups in total. The van der Waals surface area contributed by atoms with Crippen molar-refractivity contribution in [3.05, 3.63) is 12.4 Å². The lowest BCUT2D eigenvalue weighted by Crippen LogP contribution is -2.18. The minimum Gasteiger partial charge on any atom is -0.368 e. The Bertz CT molecular complexity index is 341. The third kappa shape index (κ3) is 2.56. The fraction of sp³-hybridized carbons (Fsp3) is 0.250. The third-order valence-corrected chi connectivity index (χ3v) is 1.32. The van der Waals surface area contributed by atoms with E-state index in [1.807, 2.05) is 0 Å². The van der Waals surface area contributed by atoms with E-state index in [1.54, 1.807) is 7.05 Å². The Labute approximate surface area is 63.8 Å². The molecule has 7 heteroatoms. The molecule has 0 aliphatic rings. The summed E-state index contributed by atoms with van der Waals surface area (Å²) >= 11 is 0. The van der Waals surface area contributed by atoms with Gasteiger partial charge in [-0.1, -0.05) is 0 Å². The number of rotatable bonds is 2. The number of aryl methyl sites for hydroxylation is 1. The second-order valence-corrected chi connectivity index (χ2v) is 3.08. The highest BCUT2D eigenvalue weighted by atomic mass is 32.2. The lowest BCUT2D eigenvalue weighted by molar-refractivity contribution is 0.487. The van der Waals surface area contributed by atoms with Gasteiger partial charge < -0.3 is 4.18 Å². The molecule has 0 aromatic carbocycles. The van der Waals surface area contributed by atoms with Crippen molar-refractivity contribution in [3.63, 3.8) is 0 Å². The smallest absolute Gasteiger partial charge is 0.368 e. The van der Waals surface area contributed by atoms with Crippen LogP contribution < -0.4 is 9.32 Å². The van der Waals surface area contributed by atoms with Gasteiger partial charge in [-0.2, -0.15) is 18.7 Å². The predicted molar refractivity (Wildman–Crippen MR) is 36.9 cm³/mol. The Morgan fingerprint density at radius 2 is 2.36 bits per heavy atom. The highest BCUT2D eigenvalue weighted by Crippen LogP contribution is 2.07. The van der Waals surface area contributed by atoms with Crippen LogP contribution in [0.5, 0.6) is 5.75 Å². The van der Waals surface area contributed by atoms with Crippen LogP contribution in [0.2, 0.25) is 0 Å². The van der Waals surface area contributed by atoms with Crippen molar-refractivity contribution in [2.75, 3.05) is 0 Å². The third-order valence-electron chi connectivity index (χ3n) is 0.894. The first kappa shape index (κ1) is 8.02. The predicted octanol–water partition coefficient (Wildman–Crippen LogP) is -0.998. The van der Waals surface area contributed by atoms with Gasteiger partial charge in [-0.05, 0) is 0 Å². The molecule has 0 atom stereocenters. The number of aromatic nitrogens is 2. The molecule has 0 aliphatic carbocycles. The van der Waals surface area contributed by atoms with E-state index in [0.717, 1.165) is 0 Å². The SMILES string of the molecule is Cn1cc(OS(N)(=O)=O)cn1. The van der Waals surface area contributed by atoms with E-state index in [9.17, 15) is 8.42 Å². The van der Waals surface area contributed by atoms with Crippen molar-refractivity contribution >= 4 is 10.3 Å². The van der Waals surface area contributed by atoms with Gasteiger partial charge in [0.05, 0.1) is 12.4 Å². The lowest BCUT2D eigenvalue weighted by Gasteiger charge is -1.95. The van der Waals surface area contributed by atoms with Crippen molar-refractivity contribution in [2.45, 2.75) is 0 Å². The van der Waals surface area contributed by atoms with Crippen LogP contribution in [0.4, 0.5) is 0 Å². The monoisotopic (exact) mass is 177 g/mol. The average molecular weight is 177 g/mol. The second-order valence-electron chi connectivity index (χ2n) is 1.93. The summed E-state index contributed by atoms with van der Waals surface area (Å²) in [5.41, 5.74) is 0. The maximum Gasteiger partial charge on any atom is 0.380 e. The van der Waals surface area contributed by atoms with Crippen LogP contribution in [-0.2, 0) is 17.4 Å². The molecule has 0 spiro atoms. The summed E-state index contributed by atoms with van der Waals surface area (Å²) in [5.74, 6) is 0.106. The van der Waals surface area contributed by atoms with Crippen LogP contribution >= 0.6 is 0 Å². The molecule has 0 fully saturated rings. The number of nitrogens with two attached hydrogens (primary N) is 1. The van der Waals surface area contributed by atoms with Gasteiger partial charge in [0.15, 0.2) is 5.75 Å². The Kier molecular flexibility index (Phi) is 1.83. The molecule has 0 amide bonds. The van der Waals surface area contributed by atoms with Gasteiger partial charge in [-0.3, -0.25) is 4.68 Å². The van der Waals surface area contributed by atoms with Gasteiger partial charge in [0.25, 0.3) is 0 Å². The van der Waals surface area contributed by atoms with Gasteiger partial charge in [-0.25, -0.2) is 0 Å². The van der Waals surface area contributed by atoms with E-state index >= 15 is 0 Å². The molecule has 0 aliphatic heterocycles. The molecular weight excluding hydrogens is 170 g/mol.